The Bertz CT molecular complexity index is 1040. The molecule has 0 saturated carbocycles. The molecule has 9 nitrogen and oxygen atoms in total. The lowest BCUT2D eigenvalue weighted by Crippen LogP contribution is -2.57. The van der Waals surface area contributed by atoms with Gasteiger partial charge < -0.3 is 24.6 Å². The van der Waals surface area contributed by atoms with Gasteiger partial charge in [0.1, 0.15) is 10.7 Å². The Morgan fingerprint density at radius 1 is 1.41 bits per heavy atom. The van der Waals surface area contributed by atoms with Crippen LogP contribution in [0.25, 0.3) is 0 Å². The van der Waals surface area contributed by atoms with E-state index in [1.54, 1.807) is 12.1 Å². The van der Waals surface area contributed by atoms with Crippen molar-refractivity contribution in [3.05, 3.63) is 56.7 Å². The molecule has 2 N–H and O–H groups in total. The van der Waals surface area contributed by atoms with Crippen molar-refractivity contribution in [2.45, 2.75) is 38.7 Å². The van der Waals surface area contributed by atoms with Crippen molar-refractivity contribution in [1.82, 2.24) is 19.8 Å². The maximum atomic E-state index is 12.9. The number of rotatable bonds is 3. The van der Waals surface area contributed by atoms with E-state index in [-0.39, 0.29) is 30.4 Å². The van der Waals surface area contributed by atoms with E-state index in [4.69, 9.17) is 16.3 Å². The van der Waals surface area contributed by atoms with Crippen molar-refractivity contribution in [3.8, 4) is 5.75 Å². The Labute approximate surface area is 170 Å². The smallest absolute Gasteiger partial charge is 0.276 e. The summed E-state index contributed by atoms with van der Waals surface area (Å²) in [7, 11) is 0. The molecule has 2 aliphatic rings. The minimum Gasteiger partial charge on any atom is -0.503 e. The second kappa shape index (κ2) is 7.49. The molecule has 4 heterocycles. The Kier molecular flexibility index (Phi) is 5.01. The minimum atomic E-state index is -0.889. The summed E-state index contributed by atoms with van der Waals surface area (Å²) in [6.45, 7) is 2.76. The lowest BCUT2D eigenvalue weighted by molar-refractivity contribution is -0.112. The quantitative estimate of drug-likeness (QED) is 0.722. The molecule has 2 amide bonds. The average Bonchev–Trinajstić information content (AvgIpc) is 2.69. The van der Waals surface area contributed by atoms with E-state index in [2.05, 4.69) is 10.3 Å². The second-order valence-corrected chi connectivity index (χ2v) is 7.46. The molecule has 2 aliphatic heterocycles. The van der Waals surface area contributed by atoms with Crippen LogP contribution >= 0.6 is 11.6 Å². The number of nitrogens with zero attached hydrogens (tertiary/aromatic N) is 3. The zero-order valence-corrected chi connectivity index (χ0v) is 16.3. The van der Waals surface area contributed by atoms with E-state index in [0.29, 0.717) is 23.7 Å². The van der Waals surface area contributed by atoms with Crippen molar-refractivity contribution in [2.24, 2.45) is 0 Å². The predicted molar refractivity (Wildman–Crippen MR) is 103 cm³/mol. The highest BCUT2D eigenvalue weighted by Crippen LogP contribution is 2.29. The van der Waals surface area contributed by atoms with Crippen molar-refractivity contribution in [1.29, 1.82) is 0 Å². The number of pyridine rings is 2. The largest absolute Gasteiger partial charge is 0.503 e. The van der Waals surface area contributed by atoms with Gasteiger partial charge in [0.15, 0.2) is 17.7 Å². The van der Waals surface area contributed by atoms with E-state index < -0.39 is 29.2 Å². The monoisotopic (exact) mass is 418 g/mol. The van der Waals surface area contributed by atoms with Gasteiger partial charge in [0.05, 0.1) is 13.2 Å². The minimum absolute atomic E-state index is 0.0690. The average molecular weight is 419 g/mol. The summed E-state index contributed by atoms with van der Waals surface area (Å²) in [6, 6.07) is 3.22. The predicted octanol–water partition coefficient (Wildman–Crippen LogP) is 1.12. The summed E-state index contributed by atoms with van der Waals surface area (Å²) >= 11 is 5.73. The molecule has 1 fully saturated rings. The van der Waals surface area contributed by atoms with E-state index in [9.17, 15) is 19.5 Å². The molecule has 0 spiro atoms. The number of hydrogen-bond acceptors (Lipinski definition) is 6. The molecular weight excluding hydrogens is 400 g/mol. The van der Waals surface area contributed by atoms with Gasteiger partial charge in [0.25, 0.3) is 11.8 Å². The van der Waals surface area contributed by atoms with Crippen LogP contribution in [-0.2, 0) is 17.8 Å². The molecule has 2 aromatic rings. The summed E-state index contributed by atoms with van der Waals surface area (Å²) in [5, 5.41) is 13.4. The molecule has 0 aliphatic carbocycles. The first-order valence-corrected chi connectivity index (χ1v) is 9.54. The van der Waals surface area contributed by atoms with Gasteiger partial charge in [-0.1, -0.05) is 17.7 Å². The number of amides is 2. The Hall–Kier alpha value is -2.91. The number of fused-ring (bicyclic) bond motifs is 2. The van der Waals surface area contributed by atoms with Gasteiger partial charge in [-0.25, -0.2) is 4.98 Å². The van der Waals surface area contributed by atoms with Crippen LogP contribution in [0.2, 0.25) is 5.15 Å². The summed E-state index contributed by atoms with van der Waals surface area (Å²) < 4.78 is 7.08. The fraction of sp³-hybridized carbons (Fsp3) is 0.368. The van der Waals surface area contributed by atoms with Gasteiger partial charge in [-0.3, -0.25) is 14.4 Å². The van der Waals surface area contributed by atoms with Gasteiger partial charge >= 0.3 is 0 Å². The SMILES string of the molecule is C[C@@H]1CCO[C@H]2Cn3cc(C(=O)NCc4ccc(Cl)nc4)c(=O)c(O)c3C(=O)N12. The Morgan fingerprint density at radius 3 is 2.93 bits per heavy atom. The van der Waals surface area contributed by atoms with Crippen molar-refractivity contribution in [2.75, 3.05) is 6.61 Å². The van der Waals surface area contributed by atoms with E-state index in [1.807, 2.05) is 6.92 Å². The highest BCUT2D eigenvalue weighted by Gasteiger charge is 2.40. The molecule has 2 atom stereocenters. The molecule has 0 radical (unpaired) electrons. The molecule has 10 heteroatoms. The zero-order valence-electron chi connectivity index (χ0n) is 15.6. The molecule has 1 saturated heterocycles. The number of nitrogens with one attached hydrogen (secondary N) is 1. The van der Waals surface area contributed by atoms with E-state index in [1.165, 1.54) is 21.9 Å². The highest BCUT2D eigenvalue weighted by atomic mass is 35.5. The first-order chi connectivity index (χ1) is 13.9. The molecule has 0 aromatic carbocycles. The number of carbonyl (C=O) groups excluding carboxylic acids is 2. The third-order valence-electron chi connectivity index (χ3n) is 5.16. The van der Waals surface area contributed by atoms with Crippen molar-refractivity contribution < 1.29 is 19.4 Å². The van der Waals surface area contributed by atoms with Crippen LogP contribution in [0.3, 0.4) is 0 Å². The molecule has 4 rings (SSSR count). The van der Waals surface area contributed by atoms with Crippen LogP contribution in [0.4, 0.5) is 0 Å². The lowest BCUT2D eigenvalue weighted by atomic mass is 10.1. The van der Waals surface area contributed by atoms with E-state index in [0.717, 1.165) is 0 Å². The first-order valence-electron chi connectivity index (χ1n) is 9.16. The Morgan fingerprint density at radius 2 is 2.21 bits per heavy atom. The van der Waals surface area contributed by atoms with Crippen LogP contribution in [0.5, 0.6) is 5.75 Å². The maximum Gasteiger partial charge on any atom is 0.276 e. The molecular formula is C19H19ClN4O5. The first kappa shape index (κ1) is 19.4. The molecule has 29 heavy (non-hydrogen) atoms. The van der Waals surface area contributed by atoms with Crippen molar-refractivity contribution >= 4 is 23.4 Å². The molecule has 2 aromatic heterocycles. The van der Waals surface area contributed by atoms with Gasteiger partial charge in [0.2, 0.25) is 5.43 Å². The summed E-state index contributed by atoms with van der Waals surface area (Å²) in [5.74, 6) is -1.88. The third kappa shape index (κ3) is 3.47. The molecule has 0 unspecified atom stereocenters. The normalized spacial score (nSPS) is 20.8. The van der Waals surface area contributed by atoms with Crippen LogP contribution in [0.15, 0.2) is 29.3 Å². The zero-order chi connectivity index (χ0) is 20.7. The maximum absolute atomic E-state index is 12.9. The highest BCUT2D eigenvalue weighted by molar-refractivity contribution is 6.29. The number of ether oxygens (including phenoxy) is 1. The van der Waals surface area contributed by atoms with E-state index >= 15 is 0 Å². The van der Waals surface area contributed by atoms with Crippen LogP contribution in [0.1, 0.15) is 39.8 Å². The van der Waals surface area contributed by atoms with Gasteiger partial charge in [-0.2, -0.15) is 0 Å². The number of aromatic nitrogens is 2. The van der Waals surface area contributed by atoms with Crippen LogP contribution in [-0.4, -0.2) is 50.2 Å². The fourth-order valence-corrected chi connectivity index (χ4v) is 3.72. The van der Waals surface area contributed by atoms with Crippen molar-refractivity contribution in [3.63, 3.8) is 0 Å². The standard InChI is InChI=1S/C19H19ClN4O5/c1-10-4-5-29-14-9-23-8-12(16(25)17(26)15(23)19(28)24(10)14)18(27)22-7-11-2-3-13(20)21-6-11/h2-3,6,8,10,14,26H,4-5,7,9H2,1H3,(H,22,27)/t10-,14+/m1/s1. The summed E-state index contributed by atoms with van der Waals surface area (Å²) in [6.07, 6.45) is 2.98. The lowest BCUT2D eigenvalue weighted by Gasteiger charge is -2.44. The van der Waals surface area contributed by atoms with Gasteiger partial charge in [-0.15, -0.1) is 0 Å². The summed E-state index contributed by atoms with van der Waals surface area (Å²) in [5.41, 5.74) is -0.568. The molecule has 152 valence electrons. The number of carbonyl (C=O) groups is 2. The van der Waals surface area contributed by atoms with Gasteiger partial charge in [0, 0.05) is 25.0 Å². The third-order valence-corrected chi connectivity index (χ3v) is 5.39. The number of aromatic hydroxyl groups is 1. The van der Waals surface area contributed by atoms with Crippen LogP contribution in [0, 0.1) is 0 Å². The number of hydrogen-bond donors (Lipinski definition) is 2. The fourth-order valence-electron chi connectivity index (χ4n) is 3.61. The van der Waals surface area contributed by atoms with Gasteiger partial charge in [-0.05, 0) is 25.0 Å². The molecule has 0 bridgehead atoms. The Balaban J connectivity index is 1.62. The topological polar surface area (TPSA) is 114 Å². The summed E-state index contributed by atoms with van der Waals surface area (Å²) in [4.78, 5) is 43.4. The second-order valence-electron chi connectivity index (χ2n) is 7.07. The van der Waals surface area contributed by atoms with Crippen LogP contribution < -0.4 is 10.7 Å². The number of halogens is 1.